The number of hydrogen-bond acceptors (Lipinski definition) is 4. The molecule has 0 aliphatic heterocycles. The molecule has 0 radical (unpaired) electrons. The highest BCUT2D eigenvalue weighted by molar-refractivity contribution is 7.10. The van der Waals surface area contributed by atoms with Crippen molar-refractivity contribution in [1.29, 1.82) is 0 Å². The van der Waals surface area contributed by atoms with Gasteiger partial charge < -0.3 is 5.32 Å². The molecule has 2 heterocycles. The van der Waals surface area contributed by atoms with Gasteiger partial charge in [-0.25, -0.2) is 4.98 Å². The molecule has 0 atom stereocenters. The number of nitrogens with one attached hydrogen (secondary N) is 1. The van der Waals surface area contributed by atoms with Crippen molar-refractivity contribution in [2.75, 3.05) is 6.54 Å². The molecular formula is C17H17N3O2S. The lowest BCUT2D eigenvalue weighted by Crippen LogP contribution is -2.30. The van der Waals surface area contributed by atoms with Crippen molar-refractivity contribution in [2.24, 2.45) is 7.05 Å². The quantitative estimate of drug-likeness (QED) is 0.778. The molecule has 0 unspecified atom stereocenters. The number of carbonyl (C=O) groups is 1. The number of carbonyl (C=O) groups excluding carboxylic acids is 1. The van der Waals surface area contributed by atoms with Gasteiger partial charge in [0, 0.05) is 24.9 Å². The molecule has 118 valence electrons. The first kappa shape index (κ1) is 15.4. The highest BCUT2D eigenvalue weighted by atomic mass is 32.1. The summed E-state index contributed by atoms with van der Waals surface area (Å²) in [5.74, 6) is 0.656. The molecule has 6 heteroatoms. The average molecular weight is 327 g/mol. The van der Waals surface area contributed by atoms with E-state index in [1.54, 1.807) is 29.0 Å². The van der Waals surface area contributed by atoms with Crippen molar-refractivity contribution in [2.45, 2.75) is 12.8 Å². The van der Waals surface area contributed by atoms with Crippen molar-refractivity contribution >= 4 is 28.1 Å². The number of amides is 1. The van der Waals surface area contributed by atoms with E-state index < -0.39 is 0 Å². The van der Waals surface area contributed by atoms with E-state index in [0.717, 1.165) is 4.88 Å². The Hall–Kier alpha value is -2.47. The van der Waals surface area contributed by atoms with Gasteiger partial charge in [-0.2, -0.15) is 0 Å². The van der Waals surface area contributed by atoms with Crippen LogP contribution in [0.5, 0.6) is 0 Å². The first-order chi connectivity index (χ1) is 11.1. The predicted molar refractivity (Wildman–Crippen MR) is 91.7 cm³/mol. The highest BCUT2D eigenvalue weighted by Gasteiger charge is 2.09. The Labute approximate surface area is 137 Å². The second-order valence-corrected chi connectivity index (χ2v) is 6.30. The van der Waals surface area contributed by atoms with Crippen LogP contribution in [0.3, 0.4) is 0 Å². The zero-order chi connectivity index (χ0) is 16.2. The van der Waals surface area contributed by atoms with E-state index in [4.69, 9.17) is 0 Å². The van der Waals surface area contributed by atoms with Crippen LogP contribution in [0.1, 0.15) is 10.7 Å². The summed E-state index contributed by atoms with van der Waals surface area (Å²) in [6.07, 6.45) is 0.911. The fourth-order valence-corrected chi connectivity index (χ4v) is 3.14. The van der Waals surface area contributed by atoms with Gasteiger partial charge in [0.2, 0.25) is 5.91 Å². The van der Waals surface area contributed by atoms with Gasteiger partial charge in [-0.1, -0.05) is 18.2 Å². The summed E-state index contributed by atoms with van der Waals surface area (Å²) in [6, 6.07) is 11.2. The van der Waals surface area contributed by atoms with E-state index in [0.29, 0.717) is 36.1 Å². The van der Waals surface area contributed by atoms with Crippen molar-refractivity contribution in [3.63, 3.8) is 0 Å². The van der Waals surface area contributed by atoms with Crippen molar-refractivity contribution in [3.05, 3.63) is 62.8 Å². The first-order valence-electron chi connectivity index (χ1n) is 7.39. The smallest absolute Gasteiger partial charge is 0.261 e. The second-order valence-electron chi connectivity index (χ2n) is 5.27. The van der Waals surface area contributed by atoms with Gasteiger partial charge in [-0.15, -0.1) is 11.3 Å². The summed E-state index contributed by atoms with van der Waals surface area (Å²) in [7, 11) is 1.71. The van der Waals surface area contributed by atoms with Crippen LogP contribution in [0.15, 0.2) is 46.6 Å². The Morgan fingerprint density at radius 2 is 2.09 bits per heavy atom. The zero-order valence-corrected chi connectivity index (χ0v) is 13.6. The number of thiophene rings is 1. The van der Waals surface area contributed by atoms with Crippen molar-refractivity contribution in [1.82, 2.24) is 14.9 Å². The molecule has 1 aromatic carbocycles. The maximum absolute atomic E-state index is 12.3. The van der Waals surface area contributed by atoms with Crippen LogP contribution in [0.4, 0.5) is 0 Å². The molecule has 0 saturated heterocycles. The highest BCUT2D eigenvalue weighted by Crippen LogP contribution is 2.09. The maximum Gasteiger partial charge on any atom is 0.261 e. The van der Waals surface area contributed by atoms with Crippen molar-refractivity contribution in [3.8, 4) is 0 Å². The Morgan fingerprint density at radius 3 is 2.87 bits per heavy atom. The molecule has 1 amide bonds. The van der Waals surface area contributed by atoms with Gasteiger partial charge in [0.1, 0.15) is 5.82 Å². The SMILES string of the molecule is Cn1c(CCNC(=O)Cc2cccs2)nc2ccccc2c1=O. The fraction of sp³-hybridized carbons (Fsp3) is 0.235. The van der Waals surface area contributed by atoms with Crippen LogP contribution in [-0.2, 0) is 24.7 Å². The molecule has 0 aliphatic rings. The van der Waals surface area contributed by atoms with Gasteiger partial charge >= 0.3 is 0 Å². The minimum absolute atomic E-state index is 0.0155. The standard InChI is InChI=1S/C17H17N3O2S/c1-20-15(19-14-7-3-2-6-13(14)17(20)22)8-9-18-16(21)11-12-5-4-10-23-12/h2-7,10H,8-9,11H2,1H3,(H,18,21). The van der Waals surface area contributed by atoms with Gasteiger partial charge in [-0.3, -0.25) is 14.2 Å². The fourth-order valence-electron chi connectivity index (χ4n) is 2.44. The molecule has 2 aromatic heterocycles. The number of benzene rings is 1. The average Bonchev–Trinajstić information content (AvgIpc) is 3.05. The van der Waals surface area contributed by atoms with E-state index in [9.17, 15) is 9.59 Å². The summed E-state index contributed by atoms with van der Waals surface area (Å²) in [6.45, 7) is 0.461. The van der Waals surface area contributed by atoms with Crippen LogP contribution in [0, 0.1) is 0 Å². The molecule has 1 N–H and O–H groups in total. The molecule has 3 aromatic rings. The van der Waals surface area contributed by atoms with Crippen molar-refractivity contribution < 1.29 is 4.79 Å². The molecule has 23 heavy (non-hydrogen) atoms. The number of rotatable bonds is 5. The van der Waals surface area contributed by atoms with Gasteiger partial charge in [0.15, 0.2) is 0 Å². The Kier molecular flexibility index (Phi) is 4.52. The Bertz CT molecular complexity index is 884. The summed E-state index contributed by atoms with van der Waals surface area (Å²) in [5.41, 5.74) is 0.631. The Balaban J connectivity index is 1.66. The van der Waals surface area contributed by atoms with E-state index in [2.05, 4.69) is 10.3 Å². The van der Waals surface area contributed by atoms with Gasteiger partial charge in [0.05, 0.1) is 17.3 Å². The molecule has 0 bridgehead atoms. The largest absolute Gasteiger partial charge is 0.355 e. The third-order valence-corrected chi connectivity index (χ3v) is 4.54. The molecular weight excluding hydrogens is 310 g/mol. The first-order valence-corrected chi connectivity index (χ1v) is 8.27. The van der Waals surface area contributed by atoms with Gasteiger partial charge in [-0.05, 0) is 23.6 Å². The van der Waals surface area contributed by atoms with Crippen LogP contribution in [0.25, 0.3) is 10.9 Å². The normalized spacial score (nSPS) is 10.8. The number of aromatic nitrogens is 2. The van der Waals surface area contributed by atoms with E-state index >= 15 is 0 Å². The number of fused-ring (bicyclic) bond motifs is 1. The minimum Gasteiger partial charge on any atom is -0.355 e. The summed E-state index contributed by atoms with van der Waals surface area (Å²) < 4.78 is 1.55. The van der Waals surface area contributed by atoms with Crippen LogP contribution >= 0.6 is 11.3 Å². The van der Waals surface area contributed by atoms with E-state index in [1.165, 1.54) is 0 Å². The minimum atomic E-state index is -0.0597. The second kappa shape index (κ2) is 6.75. The van der Waals surface area contributed by atoms with E-state index in [1.807, 2.05) is 35.7 Å². The zero-order valence-electron chi connectivity index (χ0n) is 12.8. The van der Waals surface area contributed by atoms with Crippen LogP contribution in [0.2, 0.25) is 0 Å². The topological polar surface area (TPSA) is 64.0 Å². The number of nitrogens with zero attached hydrogens (tertiary/aromatic N) is 2. The van der Waals surface area contributed by atoms with Crippen LogP contribution < -0.4 is 10.9 Å². The predicted octanol–water partition coefficient (Wildman–Crippen LogP) is 1.90. The molecule has 0 spiro atoms. The lowest BCUT2D eigenvalue weighted by atomic mass is 10.2. The lowest BCUT2D eigenvalue weighted by Gasteiger charge is -2.09. The third kappa shape index (κ3) is 3.48. The van der Waals surface area contributed by atoms with Gasteiger partial charge in [0.25, 0.3) is 5.56 Å². The summed E-state index contributed by atoms with van der Waals surface area (Å²) in [4.78, 5) is 29.7. The molecule has 0 fully saturated rings. The number of hydrogen-bond donors (Lipinski definition) is 1. The van der Waals surface area contributed by atoms with E-state index in [-0.39, 0.29) is 11.5 Å². The molecule has 0 saturated carbocycles. The third-order valence-electron chi connectivity index (χ3n) is 3.66. The molecule has 3 rings (SSSR count). The monoisotopic (exact) mass is 327 g/mol. The molecule has 0 aliphatic carbocycles. The summed E-state index contributed by atoms with van der Waals surface area (Å²) in [5, 5.41) is 5.44. The lowest BCUT2D eigenvalue weighted by molar-refractivity contribution is -0.120. The Morgan fingerprint density at radius 1 is 1.26 bits per heavy atom. The van der Waals surface area contributed by atoms with Crippen LogP contribution in [-0.4, -0.2) is 22.0 Å². The summed E-state index contributed by atoms with van der Waals surface area (Å²) >= 11 is 1.57. The maximum atomic E-state index is 12.3. The molecule has 5 nitrogen and oxygen atoms in total. The number of para-hydroxylation sites is 1.